The fourth-order valence-electron chi connectivity index (χ4n) is 4.22. The van der Waals surface area contributed by atoms with E-state index < -0.39 is 0 Å². The fourth-order valence-corrected chi connectivity index (χ4v) is 4.22. The molecule has 2 saturated heterocycles. The molecule has 6 nitrogen and oxygen atoms in total. The van der Waals surface area contributed by atoms with Gasteiger partial charge in [-0.05, 0) is 36.6 Å². The van der Waals surface area contributed by atoms with Gasteiger partial charge in [0.25, 0.3) is 0 Å². The number of aliphatic imine (C=N–C) groups is 1. The molecular weight excluding hydrogens is 386 g/mol. The molecule has 2 aromatic rings. The molecule has 2 N–H and O–H groups in total. The second-order valence-corrected chi connectivity index (χ2v) is 8.54. The Bertz CT molecular complexity index is 843. The smallest absolute Gasteiger partial charge is 0.191 e. The highest BCUT2D eigenvalue weighted by atomic mass is 16.5. The number of benzene rings is 2. The predicted octanol–water partition coefficient (Wildman–Crippen LogP) is 2.77. The molecule has 2 aliphatic rings. The maximum atomic E-state index is 5.43. The Hall–Kier alpha value is -2.57. The van der Waals surface area contributed by atoms with Crippen molar-refractivity contribution in [3.05, 3.63) is 65.2 Å². The first-order valence-corrected chi connectivity index (χ1v) is 11.4. The lowest BCUT2D eigenvalue weighted by Crippen LogP contribution is -2.44. The van der Waals surface area contributed by atoms with E-state index in [1.54, 1.807) is 0 Å². The molecule has 2 fully saturated rings. The van der Waals surface area contributed by atoms with Crippen LogP contribution in [0.2, 0.25) is 0 Å². The van der Waals surface area contributed by atoms with E-state index in [-0.39, 0.29) is 0 Å². The minimum absolute atomic E-state index is 0.406. The first-order valence-electron chi connectivity index (χ1n) is 11.4. The van der Waals surface area contributed by atoms with Gasteiger partial charge in [0.15, 0.2) is 5.96 Å². The van der Waals surface area contributed by atoms with E-state index in [1.165, 1.54) is 22.4 Å². The monoisotopic (exact) mass is 421 g/mol. The van der Waals surface area contributed by atoms with Gasteiger partial charge >= 0.3 is 0 Å². The summed E-state index contributed by atoms with van der Waals surface area (Å²) < 4.78 is 5.43. The van der Waals surface area contributed by atoms with Gasteiger partial charge in [-0.1, -0.05) is 42.0 Å². The molecule has 0 amide bonds. The van der Waals surface area contributed by atoms with Crippen LogP contribution in [0.1, 0.15) is 23.1 Å². The normalized spacial score (nSPS) is 20.1. The molecule has 0 saturated carbocycles. The number of guanidine groups is 1. The number of ether oxygens (including phenoxy) is 1. The van der Waals surface area contributed by atoms with Crippen LogP contribution in [0.15, 0.2) is 53.5 Å². The number of rotatable bonds is 6. The summed E-state index contributed by atoms with van der Waals surface area (Å²) in [6.07, 6.45) is 1.12. The zero-order valence-corrected chi connectivity index (χ0v) is 18.8. The van der Waals surface area contributed by atoms with Crippen LogP contribution in [0, 0.1) is 6.92 Å². The van der Waals surface area contributed by atoms with E-state index in [2.05, 4.69) is 80.9 Å². The Morgan fingerprint density at radius 2 is 1.71 bits per heavy atom. The van der Waals surface area contributed by atoms with Crippen molar-refractivity contribution >= 4 is 11.6 Å². The summed E-state index contributed by atoms with van der Waals surface area (Å²) in [7, 11) is 1.84. The number of aryl methyl sites for hydroxylation is 1. The predicted molar refractivity (Wildman–Crippen MR) is 128 cm³/mol. The van der Waals surface area contributed by atoms with Crippen LogP contribution in [0.3, 0.4) is 0 Å². The lowest BCUT2D eigenvalue weighted by Gasteiger charge is -2.26. The Labute approximate surface area is 186 Å². The molecular formula is C25H35N5O. The summed E-state index contributed by atoms with van der Waals surface area (Å²) in [5, 5.41) is 7.06. The molecule has 0 bridgehead atoms. The third-order valence-corrected chi connectivity index (χ3v) is 6.14. The van der Waals surface area contributed by atoms with Gasteiger partial charge < -0.3 is 20.3 Å². The van der Waals surface area contributed by atoms with E-state index in [4.69, 9.17) is 4.74 Å². The Balaban J connectivity index is 1.23. The largest absolute Gasteiger partial charge is 0.379 e. The lowest BCUT2D eigenvalue weighted by atomic mass is 10.1. The zero-order valence-electron chi connectivity index (χ0n) is 18.8. The van der Waals surface area contributed by atoms with Crippen molar-refractivity contribution in [2.24, 2.45) is 4.99 Å². The molecule has 6 heteroatoms. The standard InChI is InChI=1S/C25H35N5O/c1-20-3-9-24(10-4-20)30-12-11-23(19-30)28-25(26-2)27-17-21-5-7-22(8-6-21)18-29-13-15-31-16-14-29/h3-10,23H,11-19H2,1-2H3,(H2,26,27,28). The number of hydrogen-bond donors (Lipinski definition) is 2. The van der Waals surface area contributed by atoms with Crippen LogP contribution in [0.25, 0.3) is 0 Å². The topological polar surface area (TPSA) is 52.1 Å². The Morgan fingerprint density at radius 1 is 1.00 bits per heavy atom. The summed E-state index contributed by atoms with van der Waals surface area (Å²) in [5.41, 5.74) is 5.23. The number of hydrogen-bond acceptors (Lipinski definition) is 4. The Morgan fingerprint density at radius 3 is 2.42 bits per heavy atom. The Kier molecular flexibility index (Phi) is 7.43. The highest BCUT2D eigenvalue weighted by molar-refractivity contribution is 5.80. The summed E-state index contributed by atoms with van der Waals surface area (Å²) in [6, 6.07) is 18.1. The SMILES string of the molecule is CN=C(NCc1ccc(CN2CCOCC2)cc1)NC1CCN(c2ccc(C)cc2)C1. The van der Waals surface area contributed by atoms with E-state index in [0.717, 1.165) is 64.9 Å². The number of nitrogens with one attached hydrogen (secondary N) is 2. The van der Waals surface area contributed by atoms with Gasteiger partial charge in [-0.15, -0.1) is 0 Å². The van der Waals surface area contributed by atoms with Crippen molar-refractivity contribution in [2.75, 3.05) is 51.3 Å². The fraction of sp³-hybridized carbons (Fsp3) is 0.480. The molecule has 0 radical (unpaired) electrons. The molecule has 1 atom stereocenters. The van der Waals surface area contributed by atoms with Crippen LogP contribution in [0.4, 0.5) is 5.69 Å². The van der Waals surface area contributed by atoms with Crippen LogP contribution >= 0.6 is 0 Å². The maximum absolute atomic E-state index is 5.43. The van der Waals surface area contributed by atoms with Crippen LogP contribution in [-0.4, -0.2) is 63.3 Å². The number of nitrogens with zero attached hydrogens (tertiary/aromatic N) is 3. The molecule has 0 spiro atoms. The van der Waals surface area contributed by atoms with Crippen molar-refractivity contribution in [1.29, 1.82) is 0 Å². The van der Waals surface area contributed by atoms with E-state index in [1.807, 2.05) is 7.05 Å². The van der Waals surface area contributed by atoms with Crippen molar-refractivity contribution in [3.8, 4) is 0 Å². The molecule has 4 rings (SSSR count). The van der Waals surface area contributed by atoms with Crippen molar-refractivity contribution < 1.29 is 4.74 Å². The molecule has 2 heterocycles. The van der Waals surface area contributed by atoms with Gasteiger partial charge in [-0.3, -0.25) is 9.89 Å². The van der Waals surface area contributed by atoms with Gasteiger partial charge in [-0.25, -0.2) is 0 Å². The van der Waals surface area contributed by atoms with E-state index in [9.17, 15) is 0 Å². The van der Waals surface area contributed by atoms with Crippen LogP contribution in [0.5, 0.6) is 0 Å². The van der Waals surface area contributed by atoms with Crippen molar-refractivity contribution in [1.82, 2.24) is 15.5 Å². The van der Waals surface area contributed by atoms with Gasteiger partial charge in [0.1, 0.15) is 0 Å². The summed E-state index contributed by atoms with van der Waals surface area (Å²) in [5.74, 6) is 0.869. The first kappa shape index (κ1) is 21.7. The van der Waals surface area contributed by atoms with E-state index in [0.29, 0.717) is 6.04 Å². The average Bonchev–Trinajstić information content (AvgIpc) is 3.27. The zero-order chi connectivity index (χ0) is 21.5. The van der Waals surface area contributed by atoms with Gasteiger partial charge in [0.05, 0.1) is 13.2 Å². The van der Waals surface area contributed by atoms with Gasteiger partial charge in [-0.2, -0.15) is 0 Å². The minimum Gasteiger partial charge on any atom is -0.379 e. The highest BCUT2D eigenvalue weighted by Crippen LogP contribution is 2.20. The quantitative estimate of drug-likeness (QED) is 0.555. The van der Waals surface area contributed by atoms with Gasteiger partial charge in [0, 0.05) is 58.0 Å². The molecule has 0 aromatic heterocycles. The van der Waals surface area contributed by atoms with Crippen LogP contribution in [-0.2, 0) is 17.8 Å². The molecule has 2 aliphatic heterocycles. The second kappa shape index (κ2) is 10.6. The highest BCUT2D eigenvalue weighted by Gasteiger charge is 2.23. The summed E-state index contributed by atoms with van der Waals surface area (Å²) in [4.78, 5) is 9.32. The average molecular weight is 422 g/mol. The molecule has 31 heavy (non-hydrogen) atoms. The van der Waals surface area contributed by atoms with E-state index >= 15 is 0 Å². The minimum atomic E-state index is 0.406. The first-order chi connectivity index (χ1) is 15.2. The second-order valence-electron chi connectivity index (χ2n) is 8.54. The summed E-state index contributed by atoms with van der Waals surface area (Å²) >= 11 is 0. The molecule has 166 valence electrons. The van der Waals surface area contributed by atoms with Crippen molar-refractivity contribution in [3.63, 3.8) is 0 Å². The number of anilines is 1. The lowest BCUT2D eigenvalue weighted by molar-refractivity contribution is 0.0342. The van der Waals surface area contributed by atoms with Crippen molar-refractivity contribution in [2.45, 2.75) is 32.5 Å². The van der Waals surface area contributed by atoms with Crippen LogP contribution < -0.4 is 15.5 Å². The molecule has 0 aliphatic carbocycles. The maximum Gasteiger partial charge on any atom is 0.191 e. The number of morpholine rings is 1. The third-order valence-electron chi connectivity index (χ3n) is 6.14. The molecule has 2 aromatic carbocycles. The summed E-state index contributed by atoms with van der Waals surface area (Å²) in [6.45, 7) is 9.70. The third kappa shape index (κ3) is 6.21. The molecule has 1 unspecified atom stereocenters. The van der Waals surface area contributed by atoms with Gasteiger partial charge in [0.2, 0.25) is 0 Å².